The lowest BCUT2D eigenvalue weighted by atomic mass is 10.1. The van der Waals surface area contributed by atoms with Crippen LogP contribution in [0.5, 0.6) is 0 Å². The normalized spacial score (nSPS) is 17.5. The van der Waals surface area contributed by atoms with Gasteiger partial charge in [0.15, 0.2) is 0 Å². The number of carbonyl (C=O) groups is 3. The van der Waals surface area contributed by atoms with E-state index in [2.05, 4.69) is 5.32 Å². The Morgan fingerprint density at radius 1 is 1.21 bits per heavy atom. The molecule has 0 aromatic heterocycles. The van der Waals surface area contributed by atoms with Crippen molar-refractivity contribution in [3.05, 3.63) is 0 Å². The van der Waals surface area contributed by atoms with Crippen LogP contribution < -0.4 is 5.32 Å². The molecule has 1 fully saturated rings. The SMILES string of the molecule is CC(C)CC(=O)OC(C)OC(=O)NC1(C(=O)O)CC1. The third-order valence-electron chi connectivity index (χ3n) is 2.65. The predicted octanol–water partition coefficient (Wildman–Crippen LogP) is 1.27. The van der Waals surface area contributed by atoms with Crippen LogP contribution in [0.2, 0.25) is 0 Å². The average molecular weight is 273 g/mol. The van der Waals surface area contributed by atoms with Gasteiger partial charge >= 0.3 is 18.0 Å². The predicted molar refractivity (Wildman–Crippen MR) is 64.2 cm³/mol. The van der Waals surface area contributed by atoms with Crippen LogP contribution in [0.1, 0.15) is 40.0 Å². The molecule has 108 valence electrons. The van der Waals surface area contributed by atoms with E-state index in [9.17, 15) is 14.4 Å². The summed E-state index contributed by atoms with van der Waals surface area (Å²) < 4.78 is 9.63. The Labute approximate surface area is 111 Å². The summed E-state index contributed by atoms with van der Waals surface area (Å²) in [7, 11) is 0. The van der Waals surface area contributed by atoms with Crippen LogP contribution >= 0.6 is 0 Å². The van der Waals surface area contributed by atoms with Crippen molar-refractivity contribution < 1.29 is 29.0 Å². The molecule has 0 heterocycles. The average Bonchev–Trinajstić information content (AvgIpc) is 2.95. The Morgan fingerprint density at radius 2 is 1.79 bits per heavy atom. The quantitative estimate of drug-likeness (QED) is 0.558. The third-order valence-corrected chi connectivity index (χ3v) is 2.65. The molecule has 0 radical (unpaired) electrons. The molecular formula is C12H19NO6. The van der Waals surface area contributed by atoms with Gasteiger partial charge in [0, 0.05) is 13.3 Å². The molecule has 1 amide bonds. The van der Waals surface area contributed by atoms with Gasteiger partial charge in [-0.1, -0.05) is 13.8 Å². The van der Waals surface area contributed by atoms with E-state index in [0.29, 0.717) is 12.8 Å². The van der Waals surface area contributed by atoms with Gasteiger partial charge < -0.3 is 19.9 Å². The maximum Gasteiger partial charge on any atom is 0.411 e. The molecule has 19 heavy (non-hydrogen) atoms. The molecule has 1 aliphatic rings. The molecule has 1 unspecified atom stereocenters. The first-order chi connectivity index (χ1) is 8.75. The molecule has 0 spiro atoms. The van der Waals surface area contributed by atoms with Crippen molar-refractivity contribution in [1.29, 1.82) is 0 Å². The zero-order valence-electron chi connectivity index (χ0n) is 11.3. The Kier molecular flexibility index (Phi) is 4.74. The second-order valence-electron chi connectivity index (χ2n) is 5.07. The first-order valence-corrected chi connectivity index (χ1v) is 6.17. The highest BCUT2D eigenvalue weighted by Crippen LogP contribution is 2.35. The van der Waals surface area contributed by atoms with Gasteiger partial charge in [-0.25, -0.2) is 9.59 Å². The summed E-state index contributed by atoms with van der Waals surface area (Å²) in [6, 6.07) is 0. The minimum Gasteiger partial charge on any atom is -0.480 e. The number of rotatable bonds is 6. The van der Waals surface area contributed by atoms with Crippen molar-refractivity contribution in [3.8, 4) is 0 Å². The van der Waals surface area contributed by atoms with Gasteiger partial charge in [0.2, 0.25) is 6.29 Å². The largest absolute Gasteiger partial charge is 0.480 e. The molecule has 7 nitrogen and oxygen atoms in total. The second-order valence-corrected chi connectivity index (χ2v) is 5.07. The van der Waals surface area contributed by atoms with E-state index < -0.39 is 29.9 Å². The lowest BCUT2D eigenvalue weighted by molar-refractivity contribution is -0.166. The van der Waals surface area contributed by atoms with Crippen LogP contribution in [0.4, 0.5) is 4.79 Å². The monoisotopic (exact) mass is 273 g/mol. The number of carboxylic acid groups (broad SMARTS) is 1. The summed E-state index contributed by atoms with van der Waals surface area (Å²) in [5, 5.41) is 11.1. The summed E-state index contributed by atoms with van der Waals surface area (Å²) >= 11 is 0. The molecule has 1 aliphatic carbocycles. The Bertz CT molecular complexity index is 374. The van der Waals surface area contributed by atoms with Crippen molar-refractivity contribution in [3.63, 3.8) is 0 Å². The number of hydrogen-bond acceptors (Lipinski definition) is 5. The number of aliphatic carboxylic acids is 1. The van der Waals surface area contributed by atoms with Crippen molar-refractivity contribution in [1.82, 2.24) is 5.32 Å². The minimum absolute atomic E-state index is 0.148. The molecule has 1 atom stereocenters. The van der Waals surface area contributed by atoms with Gasteiger partial charge in [-0.15, -0.1) is 0 Å². The molecular weight excluding hydrogens is 254 g/mol. The Hall–Kier alpha value is -1.79. The molecule has 0 aliphatic heterocycles. The van der Waals surface area contributed by atoms with E-state index in [4.69, 9.17) is 14.6 Å². The van der Waals surface area contributed by atoms with E-state index >= 15 is 0 Å². The molecule has 0 bridgehead atoms. The summed E-state index contributed by atoms with van der Waals surface area (Å²) in [6.07, 6.45) is -0.965. The van der Waals surface area contributed by atoms with Crippen molar-refractivity contribution >= 4 is 18.0 Å². The van der Waals surface area contributed by atoms with E-state index in [1.54, 1.807) is 0 Å². The lowest BCUT2D eigenvalue weighted by Crippen LogP contribution is -2.44. The molecule has 0 saturated heterocycles. The molecule has 0 aromatic carbocycles. The zero-order chi connectivity index (χ0) is 14.6. The van der Waals surface area contributed by atoms with Crippen molar-refractivity contribution in [2.75, 3.05) is 0 Å². The fourth-order valence-electron chi connectivity index (χ4n) is 1.48. The number of esters is 1. The summed E-state index contributed by atoms with van der Waals surface area (Å²) in [4.78, 5) is 33.6. The fourth-order valence-corrected chi connectivity index (χ4v) is 1.48. The first-order valence-electron chi connectivity index (χ1n) is 6.17. The first kappa shape index (κ1) is 15.3. The van der Waals surface area contributed by atoms with Gasteiger partial charge in [-0.05, 0) is 18.8 Å². The van der Waals surface area contributed by atoms with Gasteiger partial charge in [0.25, 0.3) is 0 Å². The Balaban J connectivity index is 2.32. The van der Waals surface area contributed by atoms with Crippen LogP contribution in [0.25, 0.3) is 0 Å². The zero-order valence-corrected chi connectivity index (χ0v) is 11.3. The van der Waals surface area contributed by atoms with Gasteiger partial charge in [0.1, 0.15) is 5.54 Å². The highest BCUT2D eigenvalue weighted by Gasteiger charge is 2.52. The van der Waals surface area contributed by atoms with Gasteiger partial charge in [-0.2, -0.15) is 0 Å². The fraction of sp³-hybridized carbons (Fsp3) is 0.750. The highest BCUT2D eigenvalue weighted by molar-refractivity contribution is 5.87. The maximum absolute atomic E-state index is 11.4. The number of nitrogens with one attached hydrogen (secondary N) is 1. The topological polar surface area (TPSA) is 102 Å². The van der Waals surface area contributed by atoms with E-state index in [1.165, 1.54) is 6.92 Å². The molecule has 7 heteroatoms. The highest BCUT2D eigenvalue weighted by atomic mass is 16.7. The van der Waals surface area contributed by atoms with Crippen LogP contribution in [0.15, 0.2) is 0 Å². The van der Waals surface area contributed by atoms with Crippen LogP contribution in [0, 0.1) is 5.92 Å². The lowest BCUT2D eigenvalue weighted by Gasteiger charge is -2.17. The maximum atomic E-state index is 11.4. The summed E-state index contributed by atoms with van der Waals surface area (Å²) in [5.41, 5.74) is -1.21. The van der Waals surface area contributed by atoms with Gasteiger partial charge in [-0.3, -0.25) is 4.79 Å². The van der Waals surface area contributed by atoms with Crippen LogP contribution in [-0.4, -0.2) is 35.0 Å². The molecule has 1 saturated carbocycles. The van der Waals surface area contributed by atoms with E-state index in [0.717, 1.165) is 0 Å². The third kappa shape index (κ3) is 4.76. The molecule has 0 aromatic rings. The Morgan fingerprint density at radius 3 is 2.21 bits per heavy atom. The van der Waals surface area contributed by atoms with Crippen LogP contribution in [0.3, 0.4) is 0 Å². The van der Waals surface area contributed by atoms with E-state index in [-0.39, 0.29) is 12.3 Å². The van der Waals surface area contributed by atoms with Crippen molar-refractivity contribution in [2.24, 2.45) is 5.92 Å². The number of carbonyl (C=O) groups excluding carboxylic acids is 2. The number of ether oxygens (including phenoxy) is 2. The summed E-state index contributed by atoms with van der Waals surface area (Å²) in [6.45, 7) is 5.13. The number of carboxylic acids is 1. The minimum atomic E-state index is -1.21. The molecule has 1 rings (SSSR count). The summed E-state index contributed by atoms with van der Waals surface area (Å²) in [5.74, 6) is -1.40. The smallest absolute Gasteiger partial charge is 0.411 e. The molecule has 2 N–H and O–H groups in total. The van der Waals surface area contributed by atoms with Crippen molar-refractivity contribution in [2.45, 2.75) is 51.9 Å². The van der Waals surface area contributed by atoms with E-state index in [1.807, 2.05) is 13.8 Å². The van der Waals surface area contributed by atoms with Gasteiger partial charge in [0.05, 0.1) is 0 Å². The number of hydrogen-bond donors (Lipinski definition) is 2. The number of amides is 1. The van der Waals surface area contributed by atoms with Crippen LogP contribution in [-0.2, 0) is 19.1 Å². The standard InChI is InChI=1S/C12H19NO6/c1-7(2)6-9(14)18-8(3)19-11(17)13-12(4-5-12)10(15)16/h7-8H,4-6H2,1-3H3,(H,13,17)(H,15,16). The second kappa shape index (κ2) is 5.90. The number of alkyl carbamates (subject to hydrolysis) is 1.